The zero-order valence-corrected chi connectivity index (χ0v) is 20.0. The molecular weight excluding hydrogens is 457 g/mol. The molecule has 2 aliphatic heterocycles. The number of hydrogen-bond donors (Lipinski definition) is 1. The quantitative estimate of drug-likeness (QED) is 0.401. The van der Waals surface area contributed by atoms with E-state index in [0.717, 1.165) is 49.7 Å². The first-order chi connectivity index (χ1) is 17.6. The second-order valence-electron chi connectivity index (χ2n) is 9.21. The topological polar surface area (TPSA) is 67.1 Å². The molecular formula is C29H26FN3O3. The van der Waals surface area contributed by atoms with Crippen LogP contribution in [0.25, 0.3) is 11.0 Å². The van der Waals surface area contributed by atoms with Crippen molar-refractivity contribution >= 4 is 33.9 Å². The summed E-state index contributed by atoms with van der Waals surface area (Å²) in [5, 5.41) is 3.74. The van der Waals surface area contributed by atoms with Crippen molar-refractivity contribution in [2.45, 2.75) is 25.7 Å². The summed E-state index contributed by atoms with van der Waals surface area (Å²) in [6.45, 7) is 2.12. The molecule has 3 heterocycles. The lowest BCUT2D eigenvalue weighted by Gasteiger charge is -2.37. The summed E-state index contributed by atoms with van der Waals surface area (Å²) >= 11 is 0. The van der Waals surface area contributed by atoms with Crippen molar-refractivity contribution in [3.05, 3.63) is 88.7 Å². The molecule has 0 unspecified atom stereocenters. The first-order valence-corrected chi connectivity index (χ1v) is 12.2. The standard InChI is InChI=1S/C29H26FN3O3/c1-35-23-7-2-6-22(17-23)32-29-25(28(34)31-21-11-9-20(30)10-12-21)16-19-15-18-5-3-13-33-14-4-8-24(26(18)33)27(19)36-29/h2,6-7,9-12,15-17H,3-5,8,13-14H2,1H3,(H,31,34). The largest absolute Gasteiger partial charge is 0.497 e. The highest BCUT2D eigenvalue weighted by molar-refractivity contribution is 6.06. The second kappa shape index (κ2) is 9.15. The van der Waals surface area contributed by atoms with E-state index >= 15 is 0 Å². The number of carbonyl (C=O) groups excluding carboxylic acids is 1. The lowest BCUT2D eigenvalue weighted by molar-refractivity contribution is 0.102. The summed E-state index contributed by atoms with van der Waals surface area (Å²) in [6.07, 6.45) is 4.13. The lowest BCUT2D eigenvalue weighted by Crippen LogP contribution is -2.34. The molecule has 1 aromatic heterocycles. The van der Waals surface area contributed by atoms with Gasteiger partial charge in [0.05, 0.1) is 12.8 Å². The predicted molar refractivity (Wildman–Crippen MR) is 138 cm³/mol. The highest BCUT2D eigenvalue weighted by Gasteiger charge is 2.27. The van der Waals surface area contributed by atoms with Crippen LogP contribution >= 0.6 is 0 Å². The van der Waals surface area contributed by atoms with E-state index in [9.17, 15) is 9.18 Å². The van der Waals surface area contributed by atoms with E-state index in [1.54, 1.807) is 13.2 Å². The van der Waals surface area contributed by atoms with Gasteiger partial charge in [-0.2, -0.15) is 0 Å². The molecule has 0 bridgehead atoms. The molecule has 0 radical (unpaired) electrons. The summed E-state index contributed by atoms with van der Waals surface area (Å²) in [6, 6.07) is 17.0. The molecule has 2 aliphatic rings. The zero-order chi connectivity index (χ0) is 24.6. The molecule has 0 atom stereocenters. The Balaban J connectivity index is 1.55. The highest BCUT2D eigenvalue weighted by atomic mass is 19.1. The summed E-state index contributed by atoms with van der Waals surface area (Å²) in [5.74, 6) is -0.0775. The first-order valence-electron chi connectivity index (χ1n) is 12.2. The van der Waals surface area contributed by atoms with Crippen LogP contribution in [0.1, 0.15) is 34.3 Å². The molecule has 0 aliphatic carbocycles. The SMILES string of the molecule is COc1cccc(N=c2oc3c4c5c(cc3cc2C(=O)Nc2ccc(F)cc2)CCCN5CCC4)c1. The fraction of sp³-hybridized carbons (Fsp3) is 0.241. The Morgan fingerprint density at radius 1 is 1.06 bits per heavy atom. The van der Waals surface area contributed by atoms with E-state index < -0.39 is 0 Å². The molecule has 7 heteroatoms. The fourth-order valence-corrected chi connectivity index (χ4v) is 5.23. The summed E-state index contributed by atoms with van der Waals surface area (Å²) in [5.41, 5.74) is 6.21. The maximum Gasteiger partial charge on any atom is 0.261 e. The fourth-order valence-electron chi connectivity index (χ4n) is 5.23. The van der Waals surface area contributed by atoms with Crippen LogP contribution in [0.4, 0.5) is 21.5 Å². The third-order valence-electron chi connectivity index (χ3n) is 6.86. The molecule has 3 aromatic carbocycles. The third-order valence-corrected chi connectivity index (χ3v) is 6.86. The Bertz CT molecular complexity index is 1540. The van der Waals surface area contributed by atoms with E-state index in [2.05, 4.69) is 16.3 Å². The Kier molecular flexibility index (Phi) is 5.68. The van der Waals surface area contributed by atoms with E-state index in [0.29, 0.717) is 22.7 Å². The molecule has 4 aromatic rings. The number of halogens is 1. The summed E-state index contributed by atoms with van der Waals surface area (Å²) in [4.78, 5) is 20.6. The van der Waals surface area contributed by atoms with Crippen molar-refractivity contribution in [3.63, 3.8) is 0 Å². The molecule has 0 spiro atoms. The molecule has 36 heavy (non-hydrogen) atoms. The Labute approximate surface area is 208 Å². The lowest BCUT2D eigenvalue weighted by atomic mass is 9.90. The van der Waals surface area contributed by atoms with Gasteiger partial charge in [-0.3, -0.25) is 4.79 Å². The van der Waals surface area contributed by atoms with Gasteiger partial charge in [0.15, 0.2) is 0 Å². The molecule has 1 N–H and O–H groups in total. The third kappa shape index (κ3) is 4.11. The van der Waals surface area contributed by atoms with Crippen molar-refractivity contribution in [2.75, 3.05) is 30.4 Å². The van der Waals surface area contributed by atoms with Gasteiger partial charge < -0.3 is 19.4 Å². The van der Waals surface area contributed by atoms with Crippen LogP contribution in [0, 0.1) is 5.82 Å². The van der Waals surface area contributed by atoms with E-state index in [4.69, 9.17) is 14.1 Å². The number of amides is 1. The van der Waals surface area contributed by atoms with Crippen molar-refractivity contribution < 1.29 is 18.3 Å². The zero-order valence-electron chi connectivity index (χ0n) is 20.0. The maximum absolute atomic E-state index is 13.4. The number of rotatable bonds is 4. The number of nitrogens with zero attached hydrogens (tertiary/aromatic N) is 2. The molecule has 6 nitrogen and oxygen atoms in total. The number of hydrogen-bond acceptors (Lipinski definition) is 5. The maximum atomic E-state index is 13.4. The average molecular weight is 484 g/mol. The molecule has 182 valence electrons. The number of anilines is 2. The van der Waals surface area contributed by atoms with Crippen LogP contribution in [-0.2, 0) is 12.8 Å². The Morgan fingerprint density at radius 2 is 1.86 bits per heavy atom. The van der Waals surface area contributed by atoms with Crippen LogP contribution in [0.3, 0.4) is 0 Å². The monoisotopic (exact) mass is 483 g/mol. The van der Waals surface area contributed by atoms with E-state index in [-0.39, 0.29) is 17.3 Å². The van der Waals surface area contributed by atoms with Crippen molar-refractivity contribution in [1.82, 2.24) is 0 Å². The van der Waals surface area contributed by atoms with Crippen LogP contribution in [0.5, 0.6) is 5.75 Å². The van der Waals surface area contributed by atoms with Gasteiger partial charge in [0.25, 0.3) is 5.91 Å². The smallest absolute Gasteiger partial charge is 0.261 e. The normalized spacial score (nSPS) is 15.1. The van der Waals surface area contributed by atoms with Crippen molar-refractivity contribution in [2.24, 2.45) is 4.99 Å². The van der Waals surface area contributed by atoms with E-state index in [1.165, 1.54) is 41.1 Å². The molecule has 1 amide bonds. The van der Waals surface area contributed by atoms with Gasteiger partial charge in [-0.25, -0.2) is 9.38 Å². The predicted octanol–water partition coefficient (Wildman–Crippen LogP) is 5.76. The van der Waals surface area contributed by atoms with Gasteiger partial charge in [0.1, 0.15) is 22.7 Å². The molecule has 0 saturated heterocycles. The highest BCUT2D eigenvalue weighted by Crippen LogP contribution is 2.39. The van der Waals surface area contributed by atoms with Crippen molar-refractivity contribution in [3.8, 4) is 5.75 Å². The van der Waals surface area contributed by atoms with Gasteiger partial charge in [0.2, 0.25) is 5.55 Å². The number of nitrogens with one attached hydrogen (secondary N) is 1. The molecule has 0 saturated carbocycles. The minimum atomic E-state index is -0.373. The Hall–Kier alpha value is -4.13. The van der Waals surface area contributed by atoms with Crippen LogP contribution < -0.4 is 20.5 Å². The average Bonchev–Trinajstić information content (AvgIpc) is 2.90. The number of carbonyl (C=O) groups is 1. The number of methoxy groups -OCH3 is 1. The van der Waals surface area contributed by atoms with Gasteiger partial charge >= 0.3 is 0 Å². The van der Waals surface area contributed by atoms with E-state index in [1.807, 2.05) is 24.3 Å². The number of benzene rings is 3. The summed E-state index contributed by atoms with van der Waals surface area (Å²) < 4.78 is 25.2. The minimum Gasteiger partial charge on any atom is -0.497 e. The molecule has 6 rings (SSSR count). The van der Waals surface area contributed by atoms with Crippen molar-refractivity contribution in [1.29, 1.82) is 0 Å². The molecule has 0 fully saturated rings. The van der Waals surface area contributed by atoms with Gasteiger partial charge in [0, 0.05) is 41.5 Å². The first kappa shape index (κ1) is 22.3. The number of fused-ring (bicyclic) bond motifs is 2. The van der Waals surface area contributed by atoms with Gasteiger partial charge in [-0.15, -0.1) is 0 Å². The van der Waals surface area contributed by atoms with Crippen LogP contribution in [0.15, 0.2) is 70.1 Å². The van der Waals surface area contributed by atoms with Gasteiger partial charge in [-0.1, -0.05) is 6.07 Å². The van der Waals surface area contributed by atoms with Gasteiger partial charge in [-0.05, 0) is 79.8 Å². The Morgan fingerprint density at radius 3 is 2.67 bits per heavy atom. The number of aryl methyl sites for hydroxylation is 2. The van der Waals surface area contributed by atoms with Crippen LogP contribution in [0.2, 0.25) is 0 Å². The number of ether oxygens (including phenoxy) is 1. The van der Waals surface area contributed by atoms with Crippen LogP contribution in [-0.4, -0.2) is 26.1 Å². The summed E-state index contributed by atoms with van der Waals surface area (Å²) in [7, 11) is 1.60. The second-order valence-corrected chi connectivity index (χ2v) is 9.21. The minimum absolute atomic E-state index is 0.222.